The Morgan fingerprint density at radius 2 is 1.71 bits per heavy atom. The number of rotatable bonds is 9. The minimum atomic E-state index is -4.73. The molecule has 0 radical (unpaired) electrons. The number of nitrogens with one attached hydrogen (secondary N) is 2. The molecular formula is C28H28F3N5OS. The number of aromatic nitrogens is 3. The van der Waals surface area contributed by atoms with Gasteiger partial charge in [-0.2, -0.15) is 0 Å². The summed E-state index contributed by atoms with van der Waals surface area (Å²) in [5.41, 5.74) is 4.85. The zero-order chi connectivity index (χ0) is 27.1. The number of aryl methyl sites for hydroxylation is 1. The monoisotopic (exact) mass is 539 g/mol. The van der Waals surface area contributed by atoms with Crippen molar-refractivity contribution < 1.29 is 17.9 Å². The fourth-order valence-electron chi connectivity index (χ4n) is 3.92. The smallest absolute Gasteiger partial charge is 0.406 e. The lowest BCUT2D eigenvalue weighted by atomic mass is 10.0. The molecule has 2 N–H and O–H groups in total. The van der Waals surface area contributed by atoms with Crippen LogP contribution < -0.4 is 15.4 Å². The highest BCUT2D eigenvalue weighted by Crippen LogP contribution is 2.25. The van der Waals surface area contributed by atoms with Crippen molar-refractivity contribution in [3.8, 4) is 22.8 Å². The number of halogens is 3. The molecule has 4 aromatic rings. The Balaban J connectivity index is 1.26. The highest BCUT2D eigenvalue weighted by atomic mass is 32.1. The Kier molecular flexibility index (Phi) is 8.62. The van der Waals surface area contributed by atoms with Crippen LogP contribution in [0.1, 0.15) is 37.3 Å². The zero-order valence-electron chi connectivity index (χ0n) is 21.0. The van der Waals surface area contributed by atoms with Gasteiger partial charge in [-0.05, 0) is 72.4 Å². The molecular weight excluding hydrogens is 511 g/mol. The van der Waals surface area contributed by atoms with Gasteiger partial charge in [0.1, 0.15) is 12.1 Å². The summed E-state index contributed by atoms with van der Waals surface area (Å²) >= 11 is 5.46. The van der Waals surface area contributed by atoms with Crippen LogP contribution in [0.5, 0.6) is 5.75 Å². The normalized spacial score (nSPS) is 11.4. The van der Waals surface area contributed by atoms with E-state index in [-0.39, 0.29) is 5.75 Å². The average molecular weight is 540 g/mol. The van der Waals surface area contributed by atoms with Gasteiger partial charge >= 0.3 is 6.36 Å². The summed E-state index contributed by atoms with van der Waals surface area (Å²) in [5.74, 6) is 0.635. The Bertz CT molecular complexity index is 1350. The van der Waals surface area contributed by atoms with Crippen LogP contribution in [0, 0.1) is 0 Å². The van der Waals surface area contributed by atoms with Gasteiger partial charge in [-0.1, -0.05) is 56.3 Å². The van der Waals surface area contributed by atoms with E-state index in [9.17, 15) is 13.2 Å². The van der Waals surface area contributed by atoms with Crippen molar-refractivity contribution in [3.63, 3.8) is 0 Å². The fraction of sp³-hybridized carbons (Fsp3) is 0.250. The van der Waals surface area contributed by atoms with Gasteiger partial charge in [0.2, 0.25) is 0 Å². The minimum absolute atomic E-state index is 0.290. The van der Waals surface area contributed by atoms with Crippen molar-refractivity contribution in [2.75, 3.05) is 11.9 Å². The number of ether oxygens (including phenoxy) is 1. The van der Waals surface area contributed by atoms with E-state index in [2.05, 4.69) is 45.4 Å². The quantitative estimate of drug-likeness (QED) is 0.179. The number of para-hydroxylation sites is 1. The second kappa shape index (κ2) is 12.1. The molecule has 1 aromatic heterocycles. The van der Waals surface area contributed by atoms with Crippen LogP contribution in [0.3, 0.4) is 0 Å². The first kappa shape index (κ1) is 27.1. The summed E-state index contributed by atoms with van der Waals surface area (Å²) < 4.78 is 42.5. The lowest BCUT2D eigenvalue weighted by Crippen LogP contribution is -2.29. The molecule has 0 amide bonds. The van der Waals surface area contributed by atoms with Gasteiger partial charge in [0.15, 0.2) is 10.9 Å². The van der Waals surface area contributed by atoms with Crippen LogP contribution >= 0.6 is 12.2 Å². The summed E-state index contributed by atoms with van der Waals surface area (Å²) in [7, 11) is 0. The highest BCUT2D eigenvalue weighted by Gasteiger charge is 2.31. The van der Waals surface area contributed by atoms with Crippen molar-refractivity contribution in [2.45, 2.75) is 39.0 Å². The Labute approximate surface area is 224 Å². The summed E-state index contributed by atoms with van der Waals surface area (Å²) in [5, 5.41) is 11.6. The summed E-state index contributed by atoms with van der Waals surface area (Å²) in [6.45, 7) is 5.06. The highest BCUT2D eigenvalue weighted by molar-refractivity contribution is 7.80. The Morgan fingerprint density at radius 1 is 1.00 bits per heavy atom. The van der Waals surface area contributed by atoms with Crippen molar-refractivity contribution in [1.82, 2.24) is 20.1 Å². The molecule has 10 heteroatoms. The number of hydrogen-bond donors (Lipinski definition) is 2. The van der Waals surface area contributed by atoms with E-state index in [4.69, 9.17) is 12.2 Å². The molecule has 0 aliphatic carbocycles. The standard InChI is InChI=1S/C28H28F3N5OS/c1-19(2)24-7-3-4-8-25(24)34-27(38)32-17-5-6-20-9-11-21(12-10-20)26-33-18-36(35-26)22-13-15-23(16-14-22)37-28(29,30)31/h3-4,7-16,18-19H,5-6,17H2,1-2H3,(H2,32,34,38). The molecule has 0 saturated carbocycles. The molecule has 0 fully saturated rings. The van der Waals surface area contributed by atoms with E-state index < -0.39 is 6.36 Å². The molecule has 0 spiro atoms. The molecule has 38 heavy (non-hydrogen) atoms. The summed E-state index contributed by atoms with van der Waals surface area (Å²) in [6, 6.07) is 21.6. The van der Waals surface area contributed by atoms with Crippen LogP contribution in [0.2, 0.25) is 0 Å². The first-order chi connectivity index (χ1) is 18.2. The van der Waals surface area contributed by atoms with Gasteiger partial charge < -0.3 is 15.4 Å². The van der Waals surface area contributed by atoms with Gasteiger partial charge in [-0.3, -0.25) is 0 Å². The third-order valence-corrected chi connectivity index (χ3v) is 6.04. The lowest BCUT2D eigenvalue weighted by molar-refractivity contribution is -0.274. The number of benzene rings is 3. The van der Waals surface area contributed by atoms with Crippen LogP contribution in [-0.2, 0) is 6.42 Å². The zero-order valence-corrected chi connectivity index (χ0v) is 21.8. The van der Waals surface area contributed by atoms with Crippen LogP contribution in [0.15, 0.2) is 79.1 Å². The predicted octanol–water partition coefficient (Wildman–Crippen LogP) is 6.88. The number of nitrogens with zero attached hydrogens (tertiary/aromatic N) is 3. The molecule has 4 rings (SSSR count). The largest absolute Gasteiger partial charge is 0.573 e. The molecule has 0 bridgehead atoms. The van der Waals surface area contributed by atoms with Crippen LogP contribution in [0.25, 0.3) is 17.1 Å². The summed E-state index contributed by atoms with van der Waals surface area (Å²) in [6.07, 6.45) is -1.42. The van der Waals surface area contributed by atoms with Gasteiger partial charge in [0, 0.05) is 17.8 Å². The second-order valence-electron chi connectivity index (χ2n) is 8.98. The Hall–Kier alpha value is -3.92. The maximum atomic E-state index is 12.4. The van der Waals surface area contributed by atoms with E-state index in [1.165, 1.54) is 46.4 Å². The molecule has 3 aromatic carbocycles. The third kappa shape index (κ3) is 7.55. The number of thiocarbonyl (C=S) groups is 1. The minimum Gasteiger partial charge on any atom is -0.406 e. The molecule has 0 unspecified atom stereocenters. The van der Waals surface area contributed by atoms with E-state index in [0.717, 1.165) is 30.6 Å². The summed E-state index contributed by atoms with van der Waals surface area (Å²) in [4.78, 5) is 4.33. The van der Waals surface area contributed by atoms with E-state index in [0.29, 0.717) is 22.5 Å². The van der Waals surface area contributed by atoms with E-state index >= 15 is 0 Å². The Morgan fingerprint density at radius 3 is 2.39 bits per heavy atom. The number of anilines is 1. The van der Waals surface area contributed by atoms with Gasteiger partial charge in [-0.25, -0.2) is 9.67 Å². The average Bonchev–Trinajstić information content (AvgIpc) is 3.37. The maximum Gasteiger partial charge on any atom is 0.573 e. The molecule has 0 aliphatic heterocycles. The van der Waals surface area contributed by atoms with Crippen molar-refractivity contribution in [1.29, 1.82) is 0 Å². The van der Waals surface area contributed by atoms with E-state index in [1.807, 2.05) is 42.5 Å². The van der Waals surface area contributed by atoms with Gasteiger partial charge in [0.05, 0.1) is 5.69 Å². The predicted molar refractivity (Wildman–Crippen MR) is 147 cm³/mol. The lowest BCUT2D eigenvalue weighted by Gasteiger charge is -2.16. The first-order valence-electron chi connectivity index (χ1n) is 12.2. The van der Waals surface area contributed by atoms with Gasteiger partial charge in [0.25, 0.3) is 0 Å². The fourth-order valence-corrected chi connectivity index (χ4v) is 4.13. The molecule has 0 saturated heterocycles. The SMILES string of the molecule is CC(C)c1ccccc1NC(=S)NCCCc1ccc(-c2ncn(-c3ccc(OC(F)(F)F)cc3)n2)cc1. The maximum absolute atomic E-state index is 12.4. The third-order valence-electron chi connectivity index (χ3n) is 5.80. The van der Waals surface area contributed by atoms with Crippen molar-refractivity contribution in [2.24, 2.45) is 0 Å². The molecule has 6 nitrogen and oxygen atoms in total. The van der Waals surface area contributed by atoms with Crippen molar-refractivity contribution >= 4 is 23.0 Å². The number of alkyl halides is 3. The topological polar surface area (TPSA) is 64.0 Å². The van der Waals surface area contributed by atoms with E-state index in [1.54, 1.807) is 0 Å². The van der Waals surface area contributed by atoms with Crippen molar-refractivity contribution in [3.05, 3.63) is 90.3 Å². The second-order valence-corrected chi connectivity index (χ2v) is 9.39. The van der Waals surface area contributed by atoms with Crippen LogP contribution in [0.4, 0.5) is 18.9 Å². The molecule has 198 valence electrons. The first-order valence-corrected chi connectivity index (χ1v) is 12.6. The van der Waals surface area contributed by atoms with Gasteiger partial charge in [-0.15, -0.1) is 18.3 Å². The molecule has 0 aliphatic rings. The molecule has 1 heterocycles. The number of hydrogen-bond acceptors (Lipinski definition) is 4. The molecule has 0 atom stereocenters. The van der Waals surface area contributed by atoms with Crippen LogP contribution in [-0.4, -0.2) is 32.8 Å².